The lowest BCUT2D eigenvalue weighted by atomic mass is 9.94. The van der Waals surface area contributed by atoms with Gasteiger partial charge in [0.2, 0.25) is 5.91 Å². The summed E-state index contributed by atoms with van der Waals surface area (Å²) < 4.78 is 1.78. The zero-order valence-corrected chi connectivity index (χ0v) is 14.7. The molecule has 7 heteroatoms. The molecule has 3 aliphatic heterocycles. The molecule has 0 N–H and O–H groups in total. The number of amides is 2. The molecule has 0 spiro atoms. The van der Waals surface area contributed by atoms with Gasteiger partial charge in [0.05, 0.1) is 0 Å². The summed E-state index contributed by atoms with van der Waals surface area (Å²) >= 11 is 0. The molecule has 2 bridgehead atoms. The Kier molecular flexibility index (Phi) is 4.69. The fourth-order valence-corrected chi connectivity index (χ4v) is 4.02. The van der Waals surface area contributed by atoms with Gasteiger partial charge in [0.1, 0.15) is 0 Å². The summed E-state index contributed by atoms with van der Waals surface area (Å²) in [6.07, 6.45) is 9.38. The van der Waals surface area contributed by atoms with Crippen LogP contribution in [0.1, 0.15) is 29.6 Å². The number of carbonyl (C=O) groups excluding carboxylic acids is 2. The first-order valence-corrected chi connectivity index (χ1v) is 9.17. The van der Waals surface area contributed by atoms with Gasteiger partial charge in [-0.25, -0.2) is 0 Å². The lowest BCUT2D eigenvalue weighted by Crippen LogP contribution is -2.47. The van der Waals surface area contributed by atoms with E-state index in [1.54, 1.807) is 35.4 Å². The maximum Gasteiger partial charge on any atom is 0.254 e. The lowest BCUT2D eigenvalue weighted by molar-refractivity contribution is -0.135. The van der Waals surface area contributed by atoms with Gasteiger partial charge in [-0.3, -0.25) is 19.3 Å². The van der Waals surface area contributed by atoms with Crippen LogP contribution in [0, 0.1) is 5.92 Å². The second-order valence-electron chi connectivity index (χ2n) is 7.11. The van der Waals surface area contributed by atoms with E-state index in [9.17, 15) is 9.59 Å². The van der Waals surface area contributed by atoms with Gasteiger partial charge in [-0.1, -0.05) is 0 Å². The molecule has 3 aliphatic rings. The second kappa shape index (κ2) is 7.27. The molecule has 0 unspecified atom stereocenters. The molecule has 5 rings (SSSR count). The van der Waals surface area contributed by atoms with E-state index in [-0.39, 0.29) is 17.9 Å². The number of aromatic nitrogens is 3. The Bertz CT molecular complexity index is 762. The molecule has 3 fully saturated rings. The zero-order chi connectivity index (χ0) is 17.9. The first-order chi connectivity index (χ1) is 12.7. The molecule has 0 aliphatic carbocycles. The van der Waals surface area contributed by atoms with Gasteiger partial charge >= 0.3 is 0 Å². The van der Waals surface area contributed by atoms with E-state index in [0.29, 0.717) is 31.0 Å². The first-order valence-electron chi connectivity index (χ1n) is 9.17. The number of carbonyl (C=O) groups is 2. The van der Waals surface area contributed by atoms with Gasteiger partial charge in [0, 0.05) is 69.0 Å². The smallest absolute Gasteiger partial charge is 0.254 e. The third-order valence-electron chi connectivity index (χ3n) is 5.36. The molecule has 2 atom stereocenters. The van der Waals surface area contributed by atoms with Crippen LogP contribution in [0.5, 0.6) is 0 Å². The van der Waals surface area contributed by atoms with Gasteiger partial charge < -0.3 is 9.80 Å². The third-order valence-corrected chi connectivity index (χ3v) is 5.36. The number of rotatable bonds is 4. The maximum atomic E-state index is 12.8. The number of fused-ring (bicyclic) bond motifs is 4. The van der Waals surface area contributed by atoms with Crippen LogP contribution in [-0.4, -0.2) is 62.1 Å². The number of aryl methyl sites for hydroxylation is 1. The van der Waals surface area contributed by atoms with Crippen molar-refractivity contribution in [2.45, 2.75) is 31.8 Å². The van der Waals surface area contributed by atoms with Crippen molar-refractivity contribution < 1.29 is 9.59 Å². The molecule has 7 nitrogen and oxygen atoms in total. The first kappa shape index (κ1) is 16.8. The zero-order valence-electron chi connectivity index (χ0n) is 14.7. The van der Waals surface area contributed by atoms with E-state index in [0.717, 1.165) is 25.9 Å². The van der Waals surface area contributed by atoms with Crippen LogP contribution >= 0.6 is 0 Å². The minimum absolute atomic E-state index is 0.0372. The van der Waals surface area contributed by atoms with Crippen LogP contribution in [0.2, 0.25) is 0 Å². The van der Waals surface area contributed by atoms with Crippen LogP contribution < -0.4 is 0 Å². The number of pyridine rings is 1. The summed E-state index contributed by atoms with van der Waals surface area (Å²) in [6.45, 7) is 2.69. The Balaban J connectivity index is 1.43. The summed E-state index contributed by atoms with van der Waals surface area (Å²) in [4.78, 5) is 33.5. The Labute approximate surface area is 152 Å². The third kappa shape index (κ3) is 3.47. The number of piperidine rings is 1. The molecule has 26 heavy (non-hydrogen) atoms. The van der Waals surface area contributed by atoms with Crippen LogP contribution in [0.4, 0.5) is 0 Å². The van der Waals surface area contributed by atoms with Gasteiger partial charge in [-0.05, 0) is 37.0 Å². The highest BCUT2D eigenvalue weighted by atomic mass is 16.2. The van der Waals surface area contributed by atoms with Crippen LogP contribution in [0.25, 0.3) is 0 Å². The highest BCUT2D eigenvalue weighted by molar-refractivity contribution is 5.94. The minimum Gasteiger partial charge on any atom is -0.338 e. The maximum absolute atomic E-state index is 12.8. The molecular weight excluding hydrogens is 330 g/mol. The number of hydrogen-bond acceptors (Lipinski definition) is 4. The Morgan fingerprint density at radius 2 is 1.92 bits per heavy atom. The Morgan fingerprint density at radius 1 is 1.08 bits per heavy atom. The predicted octanol–water partition coefficient (Wildman–Crippen LogP) is 1.43. The normalized spacial score (nSPS) is 22.3. The van der Waals surface area contributed by atoms with Crippen molar-refractivity contribution in [3.63, 3.8) is 0 Å². The summed E-state index contributed by atoms with van der Waals surface area (Å²) in [5.74, 6) is 0.553. The molecule has 0 aromatic carbocycles. The standard InChI is InChI=1S/C19H23N5O2/c25-18(6-11-23-10-1-7-21-23)24-13-15-2-3-17(24)14-22(12-15)19(26)16-4-8-20-9-5-16/h1,4-5,7-10,15,17H,2-3,6,11-14H2/t15-,17+/m1/s1. The highest BCUT2D eigenvalue weighted by Crippen LogP contribution is 2.29. The predicted molar refractivity (Wildman–Crippen MR) is 95.2 cm³/mol. The minimum atomic E-state index is 0.0372. The quantitative estimate of drug-likeness (QED) is 0.834. The topological polar surface area (TPSA) is 71.3 Å². The summed E-state index contributed by atoms with van der Waals surface area (Å²) in [7, 11) is 0. The molecule has 136 valence electrons. The summed E-state index contributed by atoms with van der Waals surface area (Å²) in [5.41, 5.74) is 0.665. The van der Waals surface area contributed by atoms with Crippen molar-refractivity contribution in [3.05, 3.63) is 48.5 Å². The number of nitrogens with zero attached hydrogens (tertiary/aromatic N) is 5. The van der Waals surface area contributed by atoms with Crippen molar-refractivity contribution in [3.8, 4) is 0 Å². The Hall–Kier alpha value is -2.70. The second-order valence-corrected chi connectivity index (χ2v) is 7.11. The average molecular weight is 353 g/mol. The van der Waals surface area contributed by atoms with E-state index in [4.69, 9.17) is 0 Å². The molecular formula is C19H23N5O2. The van der Waals surface area contributed by atoms with E-state index in [2.05, 4.69) is 10.1 Å². The average Bonchev–Trinajstić information content (AvgIpc) is 3.04. The van der Waals surface area contributed by atoms with Crippen molar-refractivity contribution in [2.75, 3.05) is 19.6 Å². The molecule has 2 amide bonds. The molecule has 0 radical (unpaired) electrons. The molecule has 2 aromatic rings. The fraction of sp³-hybridized carbons (Fsp3) is 0.474. The van der Waals surface area contributed by atoms with Gasteiger partial charge in [-0.15, -0.1) is 0 Å². The van der Waals surface area contributed by atoms with Crippen molar-refractivity contribution >= 4 is 11.8 Å². The van der Waals surface area contributed by atoms with Gasteiger partial charge in [0.15, 0.2) is 0 Å². The monoisotopic (exact) mass is 353 g/mol. The molecule has 0 saturated carbocycles. The fourth-order valence-electron chi connectivity index (χ4n) is 4.02. The van der Waals surface area contributed by atoms with Gasteiger partial charge in [0.25, 0.3) is 5.91 Å². The van der Waals surface area contributed by atoms with Crippen molar-refractivity contribution in [1.82, 2.24) is 24.6 Å². The lowest BCUT2D eigenvalue weighted by Gasteiger charge is -2.36. The van der Waals surface area contributed by atoms with Crippen LogP contribution in [0.15, 0.2) is 43.0 Å². The largest absolute Gasteiger partial charge is 0.338 e. The van der Waals surface area contributed by atoms with Crippen LogP contribution in [-0.2, 0) is 11.3 Å². The number of hydrogen-bond donors (Lipinski definition) is 0. The summed E-state index contributed by atoms with van der Waals surface area (Å²) in [6, 6.07) is 5.48. The van der Waals surface area contributed by atoms with E-state index < -0.39 is 0 Å². The van der Waals surface area contributed by atoms with E-state index >= 15 is 0 Å². The van der Waals surface area contributed by atoms with E-state index in [1.807, 2.05) is 22.1 Å². The SMILES string of the molecule is O=C(c1ccncc1)N1C[C@H]2CC[C@@H](C1)N(C(=O)CCn1cccn1)C2. The Morgan fingerprint density at radius 3 is 2.69 bits per heavy atom. The molecule has 5 heterocycles. The molecule has 2 aromatic heterocycles. The van der Waals surface area contributed by atoms with E-state index in [1.165, 1.54) is 0 Å². The highest BCUT2D eigenvalue weighted by Gasteiger charge is 2.38. The van der Waals surface area contributed by atoms with Crippen LogP contribution in [0.3, 0.4) is 0 Å². The van der Waals surface area contributed by atoms with Gasteiger partial charge in [-0.2, -0.15) is 5.10 Å². The summed E-state index contributed by atoms with van der Waals surface area (Å²) in [5, 5.41) is 4.16. The molecule has 3 saturated heterocycles. The van der Waals surface area contributed by atoms with Crippen molar-refractivity contribution in [2.24, 2.45) is 5.92 Å². The van der Waals surface area contributed by atoms with Crippen molar-refractivity contribution in [1.29, 1.82) is 0 Å².